The van der Waals surface area contributed by atoms with Crippen molar-refractivity contribution in [2.75, 3.05) is 18.4 Å². The van der Waals surface area contributed by atoms with Gasteiger partial charge in [-0.25, -0.2) is 0 Å². The number of fused-ring (bicyclic) bond motifs is 1. The van der Waals surface area contributed by atoms with Gasteiger partial charge in [0.1, 0.15) is 0 Å². The maximum absolute atomic E-state index is 12.5. The SMILES string of the molecule is O=C(CCCc1cccs1)c1ccc(CNc2c(Cl)ccc3c2CCNCC3)cc1. The lowest BCUT2D eigenvalue weighted by Gasteiger charge is -2.16. The fourth-order valence-corrected chi connectivity index (χ4v) is 4.95. The number of anilines is 1. The van der Waals surface area contributed by atoms with E-state index in [9.17, 15) is 4.79 Å². The minimum atomic E-state index is 0.218. The maximum Gasteiger partial charge on any atom is 0.162 e. The van der Waals surface area contributed by atoms with Crippen molar-refractivity contribution in [3.8, 4) is 0 Å². The third-order valence-electron chi connectivity index (χ3n) is 5.63. The van der Waals surface area contributed by atoms with Crippen LogP contribution >= 0.6 is 22.9 Å². The summed E-state index contributed by atoms with van der Waals surface area (Å²) in [5.74, 6) is 0.218. The lowest BCUT2D eigenvalue weighted by Crippen LogP contribution is -2.16. The van der Waals surface area contributed by atoms with Gasteiger partial charge in [-0.2, -0.15) is 0 Å². The zero-order valence-electron chi connectivity index (χ0n) is 17.0. The number of ketones is 1. The Bertz CT molecular complexity index is 983. The molecule has 0 radical (unpaired) electrons. The Morgan fingerprint density at radius 1 is 1.07 bits per heavy atom. The number of rotatable bonds is 8. The van der Waals surface area contributed by atoms with Crippen molar-refractivity contribution in [3.05, 3.63) is 86.1 Å². The Balaban J connectivity index is 1.34. The number of hydrogen-bond acceptors (Lipinski definition) is 4. The highest BCUT2D eigenvalue weighted by molar-refractivity contribution is 7.09. The second kappa shape index (κ2) is 10.3. The van der Waals surface area contributed by atoms with Crippen LogP contribution < -0.4 is 10.6 Å². The Kier molecular flexibility index (Phi) is 7.21. The topological polar surface area (TPSA) is 41.1 Å². The molecule has 0 spiro atoms. The summed E-state index contributed by atoms with van der Waals surface area (Å²) in [5.41, 5.74) is 5.68. The molecule has 2 heterocycles. The first kappa shape index (κ1) is 21.1. The van der Waals surface area contributed by atoms with E-state index in [0.717, 1.165) is 60.6 Å². The van der Waals surface area contributed by atoms with Gasteiger partial charge in [-0.15, -0.1) is 11.3 Å². The van der Waals surface area contributed by atoms with E-state index < -0.39 is 0 Å². The third-order valence-corrected chi connectivity index (χ3v) is 6.89. The molecule has 2 aromatic carbocycles. The summed E-state index contributed by atoms with van der Waals surface area (Å²) in [6.07, 6.45) is 4.48. The molecule has 0 amide bonds. The lowest BCUT2D eigenvalue weighted by atomic mass is 10.0. The Morgan fingerprint density at radius 3 is 2.70 bits per heavy atom. The summed E-state index contributed by atoms with van der Waals surface area (Å²) in [6.45, 7) is 2.68. The standard InChI is InChI=1S/C25H27ClN2OS/c26-23-11-10-19-12-14-27-15-13-22(19)25(23)28-17-18-6-8-20(9-7-18)24(29)5-1-3-21-4-2-16-30-21/h2,4,6-11,16,27-28H,1,3,5,12-15,17H2. The van der Waals surface area contributed by atoms with Gasteiger partial charge >= 0.3 is 0 Å². The van der Waals surface area contributed by atoms with E-state index in [-0.39, 0.29) is 5.78 Å². The highest BCUT2D eigenvalue weighted by Crippen LogP contribution is 2.31. The third kappa shape index (κ3) is 5.31. The summed E-state index contributed by atoms with van der Waals surface area (Å²) in [4.78, 5) is 13.8. The number of thiophene rings is 1. The number of halogens is 1. The molecule has 0 saturated heterocycles. The molecular formula is C25H27ClN2OS. The Hall–Kier alpha value is -2.14. The molecule has 156 valence electrons. The van der Waals surface area contributed by atoms with E-state index in [4.69, 9.17) is 11.6 Å². The van der Waals surface area contributed by atoms with Gasteiger partial charge in [0.05, 0.1) is 10.7 Å². The van der Waals surface area contributed by atoms with Gasteiger partial charge in [-0.1, -0.05) is 48.0 Å². The molecule has 0 atom stereocenters. The van der Waals surface area contributed by atoms with Gasteiger partial charge in [-0.05, 0) is 73.0 Å². The van der Waals surface area contributed by atoms with Gasteiger partial charge in [-0.3, -0.25) is 4.79 Å². The average molecular weight is 439 g/mol. The fraction of sp³-hybridized carbons (Fsp3) is 0.320. The molecule has 1 aromatic heterocycles. The van der Waals surface area contributed by atoms with E-state index in [0.29, 0.717) is 13.0 Å². The molecule has 0 bridgehead atoms. The molecule has 0 fully saturated rings. The molecule has 0 aliphatic carbocycles. The number of carbonyl (C=O) groups excluding carboxylic acids is 1. The number of aryl methyl sites for hydroxylation is 1. The molecule has 1 aliphatic rings. The molecule has 4 rings (SSSR count). The quantitative estimate of drug-likeness (QED) is 0.429. The van der Waals surface area contributed by atoms with E-state index in [1.807, 2.05) is 30.3 Å². The second-order valence-corrected chi connectivity index (χ2v) is 9.16. The highest BCUT2D eigenvalue weighted by Gasteiger charge is 2.14. The first-order chi connectivity index (χ1) is 14.7. The van der Waals surface area contributed by atoms with Crippen LogP contribution in [-0.2, 0) is 25.8 Å². The van der Waals surface area contributed by atoms with Crippen LogP contribution in [0.2, 0.25) is 5.02 Å². The van der Waals surface area contributed by atoms with Crippen LogP contribution in [0.5, 0.6) is 0 Å². The number of benzene rings is 2. The summed E-state index contributed by atoms with van der Waals surface area (Å²) in [6, 6.07) is 16.3. The van der Waals surface area contributed by atoms with E-state index >= 15 is 0 Å². The van der Waals surface area contributed by atoms with E-state index in [1.54, 1.807) is 11.3 Å². The van der Waals surface area contributed by atoms with Crippen molar-refractivity contribution >= 4 is 34.4 Å². The molecule has 30 heavy (non-hydrogen) atoms. The molecule has 0 unspecified atom stereocenters. The van der Waals surface area contributed by atoms with Crippen LogP contribution in [0.1, 0.15) is 44.8 Å². The van der Waals surface area contributed by atoms with Crippen LogP contribution in [0.4, 0.5) is 5.69 Å². The van der Waals surface area contributed by atoms with Crippen LogP contribution in [0.15, 0.2) is 53.9 Å². The normalized spacial score (nSPS) is 13.5. The van der Waals surface area contributed by atoms with Crippen molar-refractivity contribution in [3.63, 3.8) is 0 Å². The zero-order chi connectivity index (χ0) is 20.8. The largest absolute Gasteiger partial charge is 0.380 e. The first-order valence-electron chi connectivity index (χ1n) is 10.6. The van der Waals surface area contributed by atoms with Gasteiger partial charge in [0.25, 0.3) is 0 Å². The Morgan fingerprint density at radius 2 is 1.90 bits per heavy atom. The number of nitrogens with one attached hydrogen (secondary N) is 2. The van der Waals surface area contributed by atoms with Gasteiger partial charge in [0, 0.05) is 23.4 Å². The van der Waals surface area contributed by atoms with Crippen LogP contribution in [0.3, 0.4) is 0 Å². The van der Waals surface area contributed by atoms with Crippen molar-refractivity contribution in [1.29, 1.82) is 0 Å². The Labute approximate surface area is 187 Å². The monoisotopic (exact) mass is 438 g/mol. The summed E-state index contributed by atoms with van der Waals surface area (Å²) in [7, 11) is 0. The van der Waals surface area contributed by atoms with Crippen molar-refractivity contribution in [2.24, 2.45) is 0 Å². The summed E-state index contributed by atoms with van der Waals surface area (Å²) >= 11 is 8.26. The van der Waals surface area contributed by atoms with Crippen molar-refractivity contribution < 1.29 is 4.79 Å². The van der Waals surface area contributed by atoms with Gasteiger partial charge < -0.3 is 10.6 Å². The van der Waals surface area contributed by atoms with Crippen molar-refractivity contribution in [2.45, 2.75) is 38.6 Å². The van der Waals surface area contributed by atoms with E-state index in [2.05, 4.69) is 34.2 Å². The lowest BCUT2D eigenvalue weighted by molar-refractivity contribution is 0.0980. The molecule has 2 N–H and O–H groups in total. The molecule has 3 aromatic rings. The van der Waals surface area contributed by atoms with Gasteiger partial charge in [0.2, 0.25) is 0 Å². The predicted octanol–water partition coefficient (Wildman–Crippen LogP) is 5.91. The minimum absolute atomic E-state index is 0.218. The molecule has 0 saturated carbocycles. The average Bonchev–Trinajstić information content (AvgIpc) is 3.16. The number of carbonyl (C=O) groups is 1. The summed E-state index contributed by atoms with van der Waals surface area (Å²) in [5, 5.41) is 9.85. The summed E-state index contributed by atoms with van der Waals surface area (Å²) < 4.78 is 0. The zero-order valence-corrected chi connectivity index (χ0v) is 18.6. The van der Waals surface area contributed by atoms with Gasteiger partial charge in [0.15, 0.2) is 5.78 Å². The van der Waals surface area contributed by atoms with Crippen LogP contribution in [-0.4, -0.2) is 18.9 Å². The van der Waals surface area contributed by atoms with E-state index in [1.165, 1.54) is 16.0 Å². The van der Waals surface area contributed by atoms with Crippen LogP contribution in [0, 0.1) is 0 Å². The molecule has 5 heteroatoms. The van der Waals surface area contributed by atoms with Crippen molar-refractivity contribution in [1.82, 2.24) is 5.32 Å². The second-order valence-electron chi connectivity index (χ2n) is 7.72. The first-order valence-corrected chi connectivity index (χ1v) is 11.9. The predicted molar refractivity (Wildman–Crippen MR) is 127 cm³/mol. The molecule has 1 aliphatic heterocycles. The molecule has 3 nitrogen and oxygen atoms in total. The number of hydrogen-bond donors (Lipinski definition) is 2. The highest BCUT2D eigenvalue weighted by atomic mass is 35.5. The maximum atomic E-state index is 12.5. The smallest absolute Gasteiger partial charge is 0.162 e. The van der Waals surface area contributed by atoms with Crippen LogP contribution in [0.25, 0.3) is 0 Å². The fourth-order valence-electron chi connectivity index (χ4n) is 3.96. The molecular weight excluding hydrogens is 412 g/mol. The minimum Gasteiger partial charge on any atom is -0.380 e. The number of Topliss-reactive ketones (excluding diaryl/α,β-unsaturated/α-hetero) is 1.